The first-order valence-electron chi connectivity index (χ1n) is 6.40. The van der Waals surface area contributed by atoms with Crippen molar-refractivity contribution in [3.8, 4) is 0 Å². The summed E-state index contributed by atoms with van der Waals surface area (Å²) >= 11 is 0. The van der Waals surface area contributed by atoms with Crippen LogP contribution in [0.2, 0.25) is 0 Å². The lowest BCUT2D eigenvalue weighted by Crippen LogP contribution is -2.33. The van der Waals surface area contributed by atoms with Crippen molar-refractivity contribution in [3.63, 3.8) is 0 Å². The van der Waals surface area contributed by atoms with E-state index in [2.05, 4.69) is 0 Å². The van der Waals surface area contributed by atoms with E-state index >= 15 is 0 Å². The monoisotopic (exact) mass is 259 g/mol. The summed E-state index contributed by atoms with van der Waals surface area (Å²) in [5, 5.41) is 0.773. The molecule has 100 valence electrons. The van der Waals surface area contributed by atoms with Crippen molar-refractivity contribution in [1.82, 2.24) is 4.90 Å². The molecule has 1 amide bonds. The molecule has 0 spiro atoms. The lowest BCUT2D eigenvalue weighted by atomic mass is 10.1. The Morgan fingerprint density at radius 1 is 1.21 bits per heavy atom. The van der Waals surface area contributed by atoms with Gasteiger partial charge in [-0.3, -0.25) is 4.79 Å². The predicted octanol–water partition coefficient (Wildman–Crippen LogP) is 2.58. The minimum absolute atomic E-state index is 0.0989. The molecular formula is C15H17NO3. The molecular weight excluding hydrogens is 242 g/mol. The molecule has 1 heterocycles. The number of nitrogens with zero attached hydrogens (tertiary/aromatic N) is 1. The number of carbonyl (C=O) groups excluding carboxylic acids is 1. The number of fused-ring (bicyclic) bond motifs is 1. The summed E-state index contributed by atoms with van der Waals surface area (Å²) in [6, 6.07) is 7.14. The Labute approximate surface area is 111 Å². The van der Waals surface area contributed by atoms with E-state index in [9.17, 15) is 9.59 Å². The molecule has 0 bridgehead atoms. The standard InChI is InChI=1S/C15H17NO3/c1-4-16(5-2)14(17)12-9-11-8-10(3)6-7-13(11)19-15(12)18/h6-9H,4-5H2,1-3H3. The highest BCUT2D eigenvalue weighted by Gasteiger charge is 2.18. The summed E-state index contributed by atoms with van der Waals surface area (Å²) in [7, 11) is 0. The van der Waals surface area contributed by atoms with E-state index in [1.807, 2.05) is 32.9 Å². The van der Waals surface area contributed by atoms with Crippen LogP contribution >= 0.6 is 0 Å². The molecule has 0 aliphatic carbocycles. The third kappa shape index (κ3) is 2.52. The van der Waals surface area contributed by atoms with E-state index in [0.29, 0.717) is 18.7 Å². The molecule has 0 N–H and O–H groups in total. The van der Waals surface area contributed by atoms with E-state index in [0.717, 1.165) is 10.9 Å². The van der Waals surface area contributed by atoms with E-state index in [1.165, 1.54) is 0 Å². The molecule has 0 unspecified atom stereocenters. The molecule has 4 nitrogen and oxygen atoms in total. The number of hydrogen-bond acceptors (Lipinski definition) is 3. The SMILES string of the molecule is CCN(CC)C(=O)c1cc2cc(C)ccc2oc1=O. The highest BCUT2D eigenvalue weighted by Crippen LogP contribution is 2.16. The van der Waals surface area contributed by atoms with E-state index in [4.69, 9.17) is 4.42 Å². The van der Waals surface area contributed by atoms with Crippen LogP contribution in [-0.2, 0) is 0 Å². The Kier molecular flexibility index (Phi) is 3.69. The molecule has 0 radical (unpaired) electrons. The van der Waals surface area contributed by atoms with Crippen LogP contribution in [-0.4, -0.2) is 23.9 Å². The van der Waals surface area contributed by atoms with Crippen LogP contribution in [0.1, 0.15) is 29.8 Å². The first-order valence-corrected chi connectivity index (χ1v) is 6.40. The second kappa shape index (κ2) is 5.26. The predicted molar refractivity (Wildman–Crippen MR) is 74.5 cm³/mol. The molecule has 0 fully saturated rings. The summed E-state index contributed by atoms with van der Waals surface area (Å²) in [6.45, 7) is 6.86. The molecule has 1 aromatic carbocycles. The van der Waals surface area contributed by atoms with Crippen molar-refractivity contribution in [1.29, 1.82) is 0 Å². The van der Waals surface area contributed by atoms with Gasteiger partial charge in [-0.05, 0) is 39.0 Å². The Balaban J connectivity index is 2.57. The third-order valence-corrected chi connectivity index (χ3v) is 3.17. The number of hydrogen-bond donors (Lipinski definition) is 0. The van der Waals surface area contributed by atoms with Crippen LogP contribution in [0.15, 0.2) is 33.5 Å². The summed E-state index contributed by atoms with van der Waals surface area (Å²) in [6.07, 6.45) is 0. The quantitative estimate of drug-likeness (QED) is 0.796. The van der Waals surface area contributed by atoms with Crippen molar-refractivity contribution < 1.29 is 9.21 Å². The van der Waals surface area contributed by atoms with Crippen molar-refractivity contribution >= 4 is 16.9 Å². The normalized spacial score (nSPS) is 10.7. The topological polar surface area (TPSA) is 50.5 Å². The third-order valence-electron chi connectivity index (χ3n) is 3.17. The number of amides is 1. The molecule has 0 aliphatic heterocycles. The second-order valence-electron chi connectivity index (χ2n) is 4.47. The molecule has 0 aliphatic rings. The van der Waals surface area contributed by atoms with Crippen molar-refractivity contribution in [3.05, 3.63) is 45.8 Å². The van der Waals surface area contributed by atoms with E-state index < -0.39 is 5.63 Å². The fourth-order valence-electron chi connectivity index (χ4n) is 2.07. The van der Waals surface area contributed by atoms with Crippen LogP contribution < -0.4 is 5.63 Å². The Morgan fingerprint density at radius 3 is 2.53 bits per heavy atom. The van der Waals surface area contributed by atoms with Gasteiger partial charge in [0.1, 0.15) is 11.1 Å². The average Bonchev–Trinajstić information content (AvgIpc) is 2.39. The maximum Gasteiger partial charge on any atom is 0.349 e. The molecule has 0 atom stereocenters. The van der Waals surface area contributed by atoms with E-state index in [-0.39, 0.29) is 11.5 Å². The average molecular weight is 259 g/mol. The number of aryl methyl sites for hydroxylation is 1. The lowest BCUT2D eigenvalue weighted by Gasteiger charge is -2.17. The highest BCUT2D eigenvalue weighted by atomic mass is 16.4. The minimum atomic E-state index is -0.576. The summed E-state index contributed by atoms with van der Waals surface area (Å²) < 4.78 is 5.21. The Hall–Kier alpha value is -2.10. The summed E-state index contributed by atoms with van der Waals surface area (Å²) in [4.78, 5) is 25.7. The zero-order valence-electron chi connectivity index (χ0n) is 11.4. The van der Waals surface area contributed by atoms with Crippen molar-refractivity contribution in [2.45, 2.75) is 20.8 Å². The number of rotatable bonds is 3. The number of benzene rings is 1. The highest BCUT2D eigenvalue weighted by molar-refractivity contribution is 5.96. The van der Waals surface area contributed by atoms with Crippen LogP contribution in [0.4, 0.5) is 0 Å². The number of carbonyl (C=O) groups is 1. The molecule has 2 rings (SSSR count). The first-order chi connectivity index (χ1) is 9.06. The fourth-order valence-corrected chi connectivity index (χ4v) is 2.07. The molecule has 4 heteroatoms. The first kappa shape index (κ1) is 13.3. The molecule has 0 saturated carbocycles. The van der Waals surface area contributed by atoms with Gasteiger partial charge in [0.05, 0.1) is 0 Å². The molecule has 2 aromatic rings. The second-order valence-corrected chi connectivity index (χ2v) is 4.47. The van der Waals surface area contributed by atoms with Gasteiger partial charge in [0.2, 0.25) is 0 Å². The molecule has 0 saturated heterocycles. The van der Waals surface area contributed by atoms with Gasteiger partial charge in [-0.1, -0.05) is 11.6 Å². The van der Waals surface area contributed by atoms with Gasteiger partial charge in [0, 0.05) is 18.5 Å². The zero-order valence-corrected chi connectivity index (χ0v) is 11.4. The fraction of sp³-hybridized carbons (Fsp3) is 0.333. The van der Waals surface area contributed by atoms with Crippen LogP contribution in [0.25, 0.3) is 11.0 Å². The van der Waals surface area contributed by atoms with Gasteiger partial charge in [-0.25, -0.2) is 4.79 Å². The van der Waals surface area contributed by atoms with Crippen LogP contribution in [0.5, 0.6) is 0 Å². The molecule has 1 aromatic heterocycles. The zero-order chi connectivity index (χ0) is 14.0. The lowest BCUT2D eigenvalue weighted by molar-refractivity contribution is 0.0769. The van der Waals surface area contributed by atoms with Gasteiger partial charge in [0.15, 0.2) is 0 Å². The van der Waals surface area contributed by atoms with Gasteiger partial charge in [-0.2, -0.15) is 0 Å². The van der Waals surface area contributed by atoms with Gasteiger partial charge in [-0.15, -0.1) is 0 Å². The smallest absolute Gasteiger partial charge is 0.349 e. The summed E-state index contributed by atoms with van der Waals surface area (Å²) in [5.41, 5.74) is 1.09. The van der Waals surface area contributed by atoms with Crippen molar-refractivity contribution in [2.75, 3.05) is 13.1 Å². The Morgan fingerprint density at radius 2 is 1.89 bits per heavy atom. The van der Waals surface area contributed by atoms with Crippen molar-refractivity contribution in [2.24, 2.45) is 0 Å². The molecule has 19 heavy (non-hydrogen) atoms. The maximum absolute atomic E-state index is 12.2. The van der Waals surface area contributed by atoms with E-state index in [1.54, 1.807) is 17.0 Å². The van der Waals surface area contributed by atoms with Gasteiger partial charge in [0.25, 0.3) is 5.91 Å². The van der Waals surface area contributed by atoms with Gasteiger partial charge < -0.3 is 9.32 Å². The van der Waals surface area contributed by atoms with Crippen LogP contribution in [0, 0.1) is 6.92 Å². The van der Waals surface area contributed by atoms with Crippen LogP contribution in [0.3, 0.4) is 0 Å². The Bertz CT molecular complexity index is 669. The van der Waals surface area contributed by atoms with Gasteiger partial charge >= 0.3 is 5.63 Å². The summed E-state index contributed by atoms with van der Waals surface area (Å²) in [5.74, 6) is -0.276. The maximum atomic E-state index is 12.2. The largest absolute Gasteiger partial charge is 0.422 e. The minimum Gasteiger partial charge on any atom is -0.422 e.